The second-order valence-electron chi connectivity index (χ2n) is 19.9. The van der Waals surface area contributed by atoms with E-state index in [1.54, 1.807) is 0 Å². The molecule has 0 aliphatic carbocycles. The third kappa shape index (κ3) is 47.9. The summed E-state index contributed by atoms with van der Waals surface area (Å²) >= 11 is 0. The van der Waals surface area contributed by atoms with Crippen molar-refractivity contribution in [2.45, 2.75) is 317 Å². The van der Waals surface area contributed by atoms with Gasteiger partial charge in [-0.15, -0.1) is 0 Å². The summed E-state index contributed by atoms with van der Waals surface area (Å²) in [5.74, 6) is 0.898. The van der Waals surface area contributed by atoms with E-state index in [0.717, 1.165) is 69.6 Å². The monoisotopic (exact) mass is 877 g/mol. The molecule has 0 amide bonds. The Kier molecular flexibility index (Phi) is 47.6. The molecule has 1 unspecified atom stereocenters. The van der Waals surface area contributed by atoms with Crippen molar-refractivity contribution in [1.82, 2.24) is 0 Å². The number of ether oxygens (including phenoxy) is 3. The Labute approximate surface area is 387 Å². The molecule has 0 radical (unpaired) electrons. The molecule has 6 nitrogen and oxygen atoms in total. The summed E-state index contributed by atoms with van der Waals surface area (Å²) in [6.45, 7) is 11.4. The van der Waals surface area contributed by atoms with Crippen LogP contribution in [0.25, 0.3) is 0 Å². The molecular weight excluding hydrogens is 769 g/mol. The van der Waals surface area contributed by atoms with E-state index in [1.807, 2.05) is 0 Å². The van der Waals surface area contributed by atoms with Crippen LogP contribution in [0.4, 0.5) is 0 Å². The van der Waals surface area contributed by atoms with Gasteiger partial charge in [0.1, 0.15) is 13.2 Å². The molecule has 0 aliphatic heterocycles. The minimum absolute atomic E-state index is 0.0634. The fourth-order valence-corrected chi connectivity index (χ4v) is 8.49. The molecule has 6 heteroatoms. The second-order valence-corrected chi connectivity index (χ2v) is 19.9. The van der Waals surface area contributed by atoms with Crippen molar-refractivity contribution in [2.75, 3.05) is 13.2 Å². The Bertz CT molecular complexity index is 949. The van der Waals surface area contributed by atoms with Crippen molar-refractivity contribution < 1.29 is 28.6 Å². The average Bonchev–Trinajstić information content (AvgIpc) is 3.26. The summed E-state index contributed by atoms with van der Waals surface area (Å²) in [7, 11) is 0. The normalized spacial score (nSPS) is 12.5. The molecule has 0 N–H and O–H groups in total. The molecule has 0 aromatic rings. The van der Waals surface area contributed by atoms with Gasteiger partial charge in [0.15, 0.2) is 6.10 Å². The van der Waals surface area contributed by atoms with Crippen molar-refractivity contribution in [2.24, 2.45) is 11.8 Å². The van der Waals surface area contributed by atoms with Crippen LogP contribution in [0, 0.1) is 11.8 Å². The number of carbonyl (C=O) groups is 3. The first-order chi connectivity index (χ1) is 30.3. The molecule has 0 aromatic heterocycles. The molecule has 62 heavy (non-hydrogen) atoms. The SMILES string of the molecule is CCCCCCCCCC(=O)OC[C@H](COC(=O)CCCCCCCCCCCCCCCCC(C)CC)OC(=O)CCCCCCCCCCCCCCCCCCC(C)C. The van der Waals surface area contributed by atoms with Gasteiger partial charge in [-0.2, -0.15) is 0 Å². The van der Waals surface area contributed by atoms with Crippen molar-refractivity contribution >= 4 is 17.9 Å². The largest absolute Gasteiger partial charge is 0.462 e. The molecule has 0 rings (SSSR count). The number of carbonyl (C=O) groups excluding carboxylic acids is 3. The van der Waals surface area contributed by atoms with E-state index in [1.165, 1.54) is 199 Å². The number of esters is 3. The lowest BCUT2D eigenvalue weighted by molar-refractivity contribution is -0.167. The molecule has 368 valence electrons. The van der Waals surface area contributed by atoms with Gasteiger partial charge in [0.2, 0.25) is 0 Å². The van der Waals surface area contributed by atoms with Gasteiger partial charge in [-0.05, 0) is 31.1 Å². The van der Waals surface area contributed by atoms with Crippen molar-refractivity contribution in [1.29, 1.82) is 0 Å². The van der Waals surface area contributed by atoms with Gasteiger partial charge in [0, 0.05) is 19.3 Å². The zero-order valence-corrected chi connectivity index (χ0v) is 42.5. The topological polar surface area (TPSA) is 78.9 Å². The predicted molar refractivity (Wildman–Crippen MR) is 266 cm³/mol. The third-order valence-electron chi connectivity index (χ3n) is 13.1. The summed E-state index contributed by atoms with van der Waals surface area (Å²) < 4.78 is 16.8. The lowest BCUT2D eigenvalue weighted by atomic mass is 9.99. The highest BCUT2D eigenvalue weighted by Crippen LogP contribution is 2.18. The van der Waals surface area contributed by atoms with Gasteiger partial charge in [0.05, 0.1) is 0 Å². The molecule has 0 bridgehead atoms. The maximum Gasteiger partial charge on any atom is 0.306 e. The number of hydrogen-bond donors (Lipinski definition) is 0. The lowest BCUT2D eigenvalue weighted by Gasteiger charge is -2.18. The minimum Gasteiger partial charge on any atom is -0.462 e. The van der Waals surface area contributed by atoms with E-state index in [9.17, 15) is 14.4 Å². The summed E-state index contributed by atoms with van der Waals surface area (Å²) in [5, 5.41) is 0. The standard InChI is InChI=1S/C56H108O6/c1-6-8-9-10-29-36-41-46-54(57)60-49-53(50-61-55(58)47-42-37-32-27-23-19-16-15-18-22-26-31-35-40-45-52(5)7-2)62-56(59)48-43-38-33-28-24-20-14-12-11-13-17-21-25-30-34-39-44-51(3)4/h51-53H,6-50H2,1-5H3/t52?,53-/m1/s1. The lowest BCUT2D eigenvalue weighted by Crippen LogP contribution is -2.30. The molecule has 2 atom stereocenters. The van der Waals surface area contributed by atoms with Gasteiger partial charge < -0.3 is 14.2 Å². The second kappa shape index (κ2) is 48.9. The molecule has 0 fully saturated rings. The summed E-state index contributed by atoms with van der Waals surface area (Å²) in [4.78, 5) is 37.9. The van der Waals surface area contributed by atoms with Crippen LogP contribution in [0.1, 0.15) is 311 Å². The highest BCUT2D eigenvalue weighted by Gasteiger charge is 2.19. The van der Waals surface area contributed by atoms with E-state index in [2.05, 4.69) is 34.6 Å². The molecule has 0 aromatic carbocycles. The molecule has 0 saturated heterocycles. The van der Waals surface area contributed by atoms with Crippen molar-refractivity contribution in [3.05, 3.63) is 0 Å². The Morgan fingerprint density at radius 3 is 0.919 bits per heavy atom. The van der Waals surface area contributed by atoms with Gasteiger partial charge >= 0.3 is 17.9 Å². The average molecular weight is 877 g/mol. The smallest absolute Gasteiger partial charge is 0.306 e. The number of unbranched alkanes of at least 4 members (excludes halogenated alkanes) is 34. The van der Waals surface area contributed by atoms with Gasteiger partial charge in [-0.1, -0.05) is 272 Å². The Hall–Kier alpha value is -1.59. The van der Waals surface area contributed by atoms with Crippen LogP contribution in [0.5, 0.6) is 0 Å². The fourth-order valence-electron chi connectivity index (χ4n) is 8.49. The summed E-state index contributed by atoms with van der Waals surface area (Å²) in [6, 6.07) is 0. The zero-order chi connectivity index (χ0) is 45.4. The van der Waals surface area contributed by atoms with Crippen LogP contribution in [0.15, 0.2) is 0 Å². The van der Waals surface area contributed by atoms with Crippen molar-refractivity contribution in [3.8, 4) is 0 Å². The zero-order valence-electron chi connectivity index (χ0n) is 42.5. The quantitative estimate of drug-likeness (QED) is 0.0344. The maximum absolute atomic E-state index is 12.8. The maximum atomic E-state index is 12.8. The molecule has 0 spiro atoms. The first kappa shape index (κ1) is 60.4. The van der Waals surface area contributed by atoms with Crippen LogP contribution in [-0.4, -0.2) is 37.2 Å². The summed E-state index contributed by atoms with van der Waals surface area (Å²) in [6.07, 6.45) is 51.0. The fraction of sp³-hybridized carbons (Fsp3) is 0.946. The van der Waals surface area contributed by atoms with Crippen LogP contribution in [0.2, 0.25) is 0 Å². The molecule has 0 heterocycles. The minimum atomic E-state index is -0.761. The first-order valence-corrected chi connectivity index (χ1v) is 27.8. The third-order valence-corrected chi connectivity index (χ3v) is 13.1. The summed E-state index contributed by atoms with van der Waals surface area (Å²) in [5.41, 5.74) is 0. The molecule has 0 saturated carbocycles. The van der Waals surface area contributed by atoms with Crippen LogP contribution in [0.3, 0.4) is 0 Å². The highest BCUT2D eigenvalue weighted by molar-refractivity contribution is 5.71. The van der Waals surface area contributed by atoms with Crippen LogP contribution in [-0.2, 0) is 28.6 Å². The first-order valence-electron chi connectivity index (χ1n) is 27.8. The Morgan fingerprint density at radius 1 is 0.339 bits per heavy atom. The number of hydrogen-bond acceptors (Lipinski definition) is 6. The van der Waals surface area contributed by atoms with Crippen molar-refractivity contribution in [3.63, 3.8) is 0 Å². The Balaban J connectivity index is 4.16. The predicted octanol–water partition coefficient (Wildman–Crippen LogP) is 18.1. The van der Waals surface area contributed by atoms with E-state index in [-0.39, 0.29) is 31.1 Å². The van der Waals surface area contributed by atoms with Crippen LogP contribution >= 0.6 is 0 Å². The van der Waals surface area contributed by atoms with E-state index in [4.69, 9.17) is 14.2 Å². The van der Waals surface area contributed by atoms with E-state index < -0.39 is 6.10 Å². The highest BCUT2D eigenvalue weighted by atomic mass is 16.6. The van der Waals surface area contributed by atoms with Gasteiger partial charge in [-0.25, -0.2) is 0 Å². The Morgan fingerprint density at radius 2 is 0.613 bits per heavy atom. The van der Waals surface area contributed by atoms with Gasteiger partial charge in [0.25, 0.3) is 0 Å². The molecule has 0 aliphatic rings. The van der Waals surface area contributed by atoms with E-state index >= 15 is 0 Å². The van der Waals surface area contributed by atoms with E-state index in [0.29, 0.717) is 19.3 Å². The van der Waals surface area contributed by atoms with Crippen LogP contribution < -0.4 is 0 Å². The number of rotatable bonds is 50. The van der Waals surface area contributed by atoms with Gasteiger partial charge in [-0.3, -0.25) is 14.4 Å². The molecular formula is C56H108O6.